The lowest BCUT2D eigenvalue weighted by Gasteiger charge is -2.37. The van der Waals surface area contributed by atoms with Gasteiger partial charge in [-0.1, -0.05) is 41.4 Å². The maximum atomic E-state index is 13.9. The van der Waals surface area contributed by atoms with Crippen LogP contribution < -0.4 is 4.74 Å². The molecule has 8 rings (SSSR count). The maximum absolute atomic E-state index is 13.9. The Hall–Kier alpha value is -3.79. The van der Waals surface area contributed by atoms with Crippen LogP contribution in [0, 0.1) is 35.5 Å². The van der Waals surface area contributed by atoms with E-state index in [9.17, 15) is 24.0 Å². The average molecular weight is 621 g/mol. The summed E-state index contributed by atoms with van der Waals surface area (Å²) in [4.78, 5) is 67.7. The van der Waals surface area contributed by atoms with E-state index in [2.05, 4.69) is 0 Å². The maximum Gasteiger partial charge on any atom is 0.353 e. The molecule has 2 bridgehead atoms. The number of esters is 1. The second-order valence-corrected chi connectivity index (χ2v) is 12.7. The summed E-state index contributed by atoms with van der Waals surface area (Å²) in [7, 11) is 0. The summed E-state index contributed by atoms with van der Waals surface area (Å²) in [5.74, 6) is -2.88. The van der Waals surface area contributed by atoms with E-state index >= 15 is 0 Å². The molecule has 212 valence electrons. The van der Waals surface area contributed by atoms with Crippen LogP contribution in [0.2, 0.25) is 10.0 Å². The molecule has 3 fully saturated rings. The Morgan fingerprint density at radius 1 is 0.881 bits per heavy atom. The predicted octanol–water partition coefficient (Wildman–Crippen LogP) is 5.57. The van der Waals surface area contributed by atoms with Crippen molar-refractivity contribution in [2.45, 2.75) is 6.42 Å². The van der Waals surface area contributed by atoms with Gasteiger partial charge in [0.05, 0.1) is 21.9 Å². The minimum absolute atomic E-state index is 0.0477. The largest absolute Gasteiger partial charge is 0.422 e. The second kappa shape index (κ2) is 10.2. The molecule has 42 heavy (non-hydrogen) atoms. The van der Waals surface area contributed by atoms with Crippen molar-refractivity contribution in [3.05, 3.63) is 98.2 Å². The van der Waals surface area contributed by atoms with Gasteiger partial charge in [0.25, 0.3) is 17.7 Å². The summed E-state index contributed by atoms with van der Waals surface area (Å²) in [5, 5.41) is 3.93. The summed E-state index contributed by atoms with van der Waals surface area (Å²) in [6, 6.07) is 13.5. The van der Waals surface area contributed by atoms with Gasteiger partial charge in [0.15, 0.2) is 5.78 Å². The van der Waals surface area contributed by atoms with Crippen LogP contribution >= 0.6 is 34.5 Å². The molecule has 0 unspecified atom stereocenters. The zero-order chi connectivity index (χ0) is 29.3. The number of carbonyl (C=O) groups is 5. The number of rotatable bonds is 7. The number of thiophene rings is 1. The molecule has 3 amide bonds. The number of imide groups is 1. The smallest absolute Gasteiger partial charge is 0.353 e. The van der Waals surface area contributed by atoms with E-state index in [-0.39, 0.29) is 38.8 Å². The van der Waals surface area contributed by atoms with Gasteiger partial charge >= 0.3 is 5.97 Å². The van der Waals surface area contributed by atoms with Crippen molar-refractivity contribution in [3.8, 4) is 5.75 Å². The molecule has 0 N–H and O–H groups in total. The van der Waals surface area contributed by atoms with Crippen LogP contribution in [-0.4, -0.2) is 46.0 Å². The SMILES string of the molecule is O=C(CN(C(=O)c1ccc(Cl)c(Cl)c1)N1C(=O)[C@@H]2[C@H]3C=C[C@@H]([C@@H]4C[C@H]34)[C@@H]2C1=O)c1ccc(OC(=O)c2cccs2)cc1. The fourth-order valence-electron chi connectivity index (χ4n) is 6.68. The first kappa shape index (κ1) is 27.1. The van der Waals surface area contributed by atoms with Crippen molar-refractivity contribution in [1.29, 1.82) is 0 Å². The van der Waals surface area contributed by atoms with Gasteiger partial charge in [-0.15, -0.1) is 11.3 Å². The minimum atomic E-state index is -0.728. The molecule has 2 aromatic carbocycles. The zero-order valence-corrected chi connectivity index (χ0v) is 24.1. The van der Waals surface area contributed by atoms with Crippen molar-refractivity contribution < 1.29 is 28.7 Å². The van der Waals surface area contributed by atoms with Crippen LogP contribution in [0.1, 0.15) is 36.8 Å². The lowest BCUT2D eigenvalue weighted by Crippen LogP contribution is -2.52. The number of hydrazine groups is 1. The Kier molecular flexibility index (Phi) is 6.56. The number of Topliss-reactive ketones (excluding diaryl/α,β-unsaturated/α-hetero) is 1. The van der Waals surface area contributed by atoms with Gasteiger partial charge in [-0.05, 0) is 84.0 Å². The molecule has 5 aliphatic rings. The van der Waals surface area contributed by atoms with Gasteiger partial charge < -0.3 is 4.74 Å². The number of carbonyl (C=O) groups excluding carboxylic acids is 5. The van der Waals surface area contributed by atoms with Crippen LogP contribution in [0.15, 0.2) is 72.1 Å². The molecule has 6 atom stereocenters. The van der Waals surface area contributed by atoms with Crippen LogP contribution in [0.5, 0.6) is 5.75 Å². The number of hydrogen-bond acceptors (Lipinski definition) is 7. The first-order valence-corrected chi connectivity index (χ1v) is 15.1. The first-order chi connectivity index (χ1) is 20.2. The highest BCUT2D eigenvalue weighted by molar-refractivity contribution is 7.12. The molecular formula is C31H22Cl2N2O6S. The summed E-state index contributed by atoms with van der Waals surface area (Å²) >= 11 is 13.5. The van der Waals surface area contributed by atoms with E-state index in [0.717, 1.165) is 16.4 Å². The fraction of sp³-hybridized carbons (Fsp3) is 0.258. The quantitative estimate of drug-likeness (QED) is 0.113. The summed E-state index contributed by atoms with van der Waals surface area (Å²) < 4.78 is 5.36. The Morgan fingerprint density at radius 3 is 2.12 bits per heavy atom. The third kappa shape index (κ3) is 4.38. The molecule has 0 spiro atoms. The van der Waals surface area contributed by atoms with Crippen molar-refractivity contribution >= 4 is 64.0 Å². The van der Waals surface area contributed by atoms with Gasteiger partial charge in [-0.25, -0.2) is 9.80 Å². The molecule has 0 radical (unpaired) electrons. The Bertz CT molecular complexity index is 1650. The Balaban J connectivity index is 1.17. The van der Waals surface area contributed by atoms with E-state index in [4.69, 9.17) is 27.9 Å². The molecular weight excluding hydrogens is 599 g/mol. The topological polar surface area (TPSA) is 101 Å². The number of hydrogen-bond donors (Lipinski definition) is 0. The molecule has 1 saturated heterocycles. The number of ketones is 1. The highest BCUT2D eigenvalue weighted by Crippen LogP contribution is 2.65. The van der Waals surface area contributed by atoms with Crippen LogP contribution in [0.25, 0.3) is 0 Å². The summed E-state index contributed by atoms with van der Waals surface area (Å²) in [6.45, 7) is -0.569. The van der Waals surface area contributed by atoms with E-state index in [1.54, 1.807) is 17.5 Å². The molecule has 4 aliphatic carbocycles. The number of ether oxygens (including phenoxy) is 1. The monoisotopic (exact) mass is 620 g/mol. The Labute approximate surface area is 254 Å². The lowest BCUT2D eigenvalue weighted by molar-refractivity contribution is -0.154. The van der Waals surface area contributed by atoms with E-state index in [1.807, 2.05) is 12.2 Å². The molecule has 2 saturated carbocycles. The minimum Gasteiger partial charge on any atom is -0.422 e. The fourth-order valence-corrected chi connectivity index (χ4v) is 7.58. The highest BCUT2D eigenvalue weighted by atomic mass is 35.5. The van der Waals surface area contributed by atoms with Crippen LogP contribution in [0.3, 0.4) is 0 Å². The second-order valence-electron chi connectivity index (χ2n) is 10.9. The molecule has 1 aromatic heterocycles. The number of halogens is 2. The summed E-state index contributed by atoms with van der Waals surface area (Å²) in [5.41, 5.74) is 0.282. The van der Waals surface area contributed by atoms with Gasteiger partial charge in [0.1, 0.15) is 17.2 Å². The van der Waals surface area contributed by atoms with Crippen molar-refractivity contribution in [1.82, 2.24) is 10.0 Å². The number of allylic oxidation sites excluding steroid dienone is 2. The van der Waals surface area contributed by atoms with E-state index in [1.165, 1.54) is 53.8 Å². The van der Waals surface area contributed by atoms with Gasteiger partial charge in [0, 0.05) is 11.1 Å². The van der Waals surface area contributed by atoms with Gasteiger partial charge in [0.2, 0.25) is 0 Å². The van der Waals surface area contributed by atoms with Crippen LogP contribution in [-0.2, 0) is 9.59 Å². The van der Waals surface area contributed by atoms with E-state index in [0.29, 0.717) is 16.7 Å². The number of amides is 3. The van der Waals surface area contributed by atoms with Gasteiger partial charge in [-0.2, -0.15) is 5.01 Å². The average Bonchev–Trinajstić information content (AvgIpc) is 3.56. The first-order valence-electron chi connectivity index (χ1n) is 13.4. The normalized spacial score (nSPS) is 26.6. The molecule has 2 heterocycles. The molecule has 3 aromatic rings. The predicted molar refractivity (Wildman–Crippen MR) is 154 cm³/mol. The molecule has 1 aliphatic heterocycles. The van der Waals surface area contributed by atoms with Crippen molar-refractivity contribution in [2.24, 2.45) is 35.5 Å². The third-order valence-corrected chi connectivity index (χ3v) is 10.3. The Morgan fingerprint density at radius 2 is 1.52 bits per heavy atom. The van der Waals surface area contributed by atoms with E-state index < -0.39 is 47.9 Å². The number of benzene rings is 2. The standard InChI is InChI=1S/C31H22Cl2N2O6S/c32-22-10-5-16(12-23(22)33)28(37)34(35-29(38)26-18-8-9-19(21-13-20(18)21)27(26)30(35)39)14-24(36)15-3-6-17(7-4-15)41-31(40)25-2-1-11-42-25/h1-12,18-21,26-27H,13-14H2/t18-,19-,20-,21+,26-,27+/m0/s1. The summed E-state index contributed by atoms with van der Waals surface area (Å²) in [6.07, 6.45) is 5.08. The molecule has 11 heteroatoms. The highest BCUT2D eigenvalue weighted by Gasteiger charge is 2.68. The number of nitrogens with zero attached hydrogens (tertiary/aromatic N) is 2. The lowest BCUT2D eigenvalue weighted by atomic mass is 9.63. The van der Waals surface area contributed by atoms with Gasteiger partial charge in [-0.3, -0.25) is 19.2 Å². The zero-order valence-electron chi connectivity index (χ0n) is 21.8. The third-order valence-electron chi connectivity index (χ3n) is 8.68. The van der Waals surface area contributed by atoms with Crippen LogP contribution in [0.4, 0.5) is 0 Å². The molecule has 8 nitrogen and oxygen atoms in total. The van der Waals surface area contributed by atoms with Crippen molar-refractivity contribution in [3.63, 3.8) is 0 Å². The van der Waals surface area contributed by atoms with Crippen molar-refractivity contribution in [2.75, 3.05) is 6.54 Å².